The highest BCUT2D eigenvalue weighted by Crippen LogP contribution is 2.25. The number of benzene rings is 4. The molecule has 2 aliphatic rings. The zero-order valence-electron chi connectivity index (χ0n) is 56.3. The molecule has 0 radical (unpaired) electrons. The lowest BCUT2D eigenvalue weighted by atomic mass is 10.0. The highest BCUT2D eigenvalue weighted by Gasteiger charge is 2.26. The SMILES string of the molecule is COCCOCCOCCN1CCNC(=O)c2cccc(c2)C(=O)NCCN(CCN2CCNC(=O)c3cccc(c3O)C(=O)NCCN(CCOCCOCCOC)CCNC(=O)c3cccc(c3O)C(=O)NC(CCCCN)C2)CCNC(=O)c2cccc(c2O)C(=O)NCC1. The molecule has 4 aromatic carbocycles. The van der Waals surface area contributed by atoms with Crippen molar-refractivity contribution < 1.29 is 82.1 Å². The van der Waals surface area contributed by atoms with Crippen molar-refractivity contribution in [2.24, 2.45) is 5.73 Å². The summed E-state index contributed by atoms with van der Waals surface area (Å²) in [4.78, 5) is 118. The Kier molecular flexibility index (Phi) is 35.7. The third kappa shape index (κ3) is 27.1. The standard InChI is InChI=1S/C68H99N13O17/c1-93-39-41-97-45-43-95-37-35-79-28-20-71-62(86)50-10-5-9-49(47-50)61(85)70-19-26-78(27-21-72-63(87)52-12-6-13-53(58(52)82)64(88)73-22-29-79)33-34-81-32-25-76-66(90)55-15-7-14-54(59(55)83)65(89)74-23-30-80(36-38-96-44-46-98-42-40-94-2)31-24-75-67(91)56-16-8-17-57(60(56)84)68(92)77-51(48-81)11-3-4-18-69/h5-10,12-17,47,51,82-84H,3-4,11,18-46,48,69H2,1-2H3,(H,70,85)(H,71,86)(H,72,87)(H,73,88)(H,74,89)(H,75,91)(H,76,90)(H,77,92). The minimum Gasteiger partial charge on any atom is -0.506 e. The van der Waals surface area contributed by atoms with Crippen LogP contribution in [0.15, 0.2) is 78.9 Å². The van der Waals surface area contributed by atoms with Gasteiger partial charge in [0, 0.05) is 156 Å². The Bertz CT molecular complexity index is 3180. The van der Waals surface area contributed by atoms with E-state index >= 15 is 0 Å². The van der Waals surface area contributed by atoms with E-state index in [-0.39, 0.29) is 143 Å². The number of carbonyl (C=O) groups excluding carboxylic acids is 8. The smallest absolute Gasteiger partial charge is 0.255 e. The van der Waals surface area contributed by atoms with Crippen LogP contribution in [-0.2, 0) is 28.4 Å². The third-order valence-corrected chi connectivity index (χ3v) is 16.2. The van der Waals surface area contributed by atoms with Crippen LogP contribution in [0.2, 0.25) is 0 Å². The number of nitrogens with one attached hydrogen (secondary N) is 8. The van der Waals surface area contributed by atoms with Gasteiger partial charge in [-0.15, -0.1) is 0 Å². The van der Waals surface area contributed by atoms with Gasteiger partial charge in [-0.1, -0.05) is 30.7 Å². The molecule has 6 rings (SSSR count). The van der Waals surface area contributed by atoms with E-state index in [9.17, 15) is 53.7 Å². The number of nitrogens with two attached hydrogens (primary N) is 1. The maximum Gasteiger partial charge on any atom is 0.255 e. The van der Waals surface area contributed by atoms with E-state index in [4.69, 9.17) is 34.2 Å². The average molecular weight is 1370 g/mol. The zero-order valence-corrected chi connectivity index (χ0v) is 56.3. The summed E-state index contributed by atoms with van der Waals surface area (Å²) in [7, 11) is 3.17. The molecule has 0 aromatic heterocycles. The summed E-state index contributed by atoms with van der Waals surface area (Å²) in [6, 6.07) is 18.6. The number of hydrogen-bond donors (Lipinski definition) is 12. The molecular formula is C68H99N13O17. The van der Waals surface area contributed by atoms with Crippen LogP contribution >= 0.6 is 0 Å². The first kappa shape index (κ1) is 78.6. The van der Waals surface area contributed by atoms with Gasteiger partial charge < -0.3 is 92.0 Å². The van der Waals surface area contributed by atoms with E-state index in [2.05, 4.69) is 42.5 Å². The molecule has 13 N–H and O–H groups in total. The van der Waals surface area contributed by atoms with Crippen molar-refractivity contribution in [3.63, 3.8) is 0 Å². The zero-order chi connectivity index (χ0) is 70.3. The molecule has 8 amide bonds. The highest BCUT2D eigenvalue weighted by atomic mass is 16.5. The summed E-state index contributed by atoms with van der Waals surface area (Å²) in [6.07, 6.45) is 1.61. The number of ether oxygens (including phenoxy) is 6. The van der Waals surface area contributed by atoms with Gasteiger partial charge in [0.15, 0.2) is 0 Å². The average Bonchev–Trinajstić information content (AvgIpc) is 0.911. The van der Waals surface area contributed by atoms with Crippen molar-refractivity contribution in [1.29, 1.82) is 0 Å². The molecule has 98 heavy (non-hydrogen) atoms. The Morgan fingerprint density at radius 3 is 1.03 bits per heavy atom. The van der Waals surface area contributed by atoms with Crippen molar-refractivity contribution in [3.05, 3.63) is 123 Å². The summed E-state index contributed by atoms with van der Waals surface area (Å²) in [5.74, 6) is -6.30. The van der Waals surface area contributed by atoms with Crippen molar-refractivity contribution in [1.82, 2.24) is 62.1 Å². The first-order valence-corrected chi connectivity index (χ1v) is 33.3. The van der Waals surface area contributed by atoms with Crippen LogP contribution < -0.4 is 48.3 Å². The molecule has 0 spiro atoms. The van der Waals surface area contributed by atoms with E-state index in [1.807, 2.05) is 19.6 Å². The molecule has 4 aromatic rings. The normalized spacial score (nSPS) is 17.6. The Morgan fingerprint density at radius 2 is 0.673 bits per heavy atom. The van der Waals surface area contributed by atoms with Gasteiger partial charge in [0.05, 0.1) is 99.4 Å². The van der Waals surface area contributed by atoms with Crippen molar-refractivity contribution in [2.45, 2.75) is 25.3 Å². The van der Waals surface area contributed by atoms with Crippen LogP contribution in [-0.4, -0.2) is 299 Å². The molecule has 30 nitrogen and oxygen atoms in total. The number of nitrogens with zero attached hydrogens (tertiary/aromatic N) is 4. The molecule has 0 saturated carbocycles. The van der Waals surface area contributed by atoms with Crippen LogP contribution in [0.25, 0.3) is 0 Å². The summed E-state index contributed by atoms with van der Waals surface area (Å²) in [5, 5.41) is 57.6. The van der Waals surface area contributed by atoms with Gasteiger partial charge in [0.25, 0.3) is 47.3 Å². The van der Waals surface area contributed by atoms with Crippen LogP contribution in [0.5, 0.6) is 17.2 Å². The molecule has 0 aliphatic carbocycles. The largest absolute Gasteiger partial charge is 0.506 e. The Labute approximate surface area is 572 Å². The number of phenolic OH excluding ortho intramolecular Hbond substituents is 3. The molecule has 1 atom stereocenters. The number of aromatic hydroxyl groups is 3. The van der Waals surface area contributed by atoms with Gasteiger partial charge in [0.1, 0.15) is 17.2 Å². The van der Waals surface area contributed by atoms with Gasteiger partial charge in [0.2, 0.25) is 0 Å². The lowest BCUT2D eigenvalue weighted by Crippen LogP contribution is -2.49. The maximum absolute atomic E-state index is 14.4. The van der Waals surface area contributed by atoms with Crippen molar-refractivity contribution >= 4 is 47.3 Å². The second-order valence-electron chi connectivity index (χ2n) is 23.2. The van der Waals surface area contributed by atoms with Crippen LogP contribution in [0, 0.1) is 0 Å². The van der Waals surface area contributed by atoms with E-state index in [0.29, 0.717) is 118 Å². The molecule has 0 saturated heterocycles. The van der Waals surface area contributed by atoms with Gasteiger partial charge in [-0.3, -0.25) is 58.0 Å². The second-order valence-corrected chi connectivity index (χ2v) is 23.2. The molecule has 30 heteroatoms. The third-order valence-electron chi connectivity index (χ3n) is 16.2. The summed E-state index contributed by atoms with van der Waals surface area (Å²) < 4.78 is 32.5. The van der Waals surface area contributed by atoms with Gasteiger partial charge in [-0.25, -0.2) is 0 Å². The minimum atomic E-state index is -0.668. The number of carbonyl (C=O) groups is 8. The molecule has 2 aliphatic heterocycles. The summed E-state index contributed by atoms with van der Waals surface area (Å²) >= 11 is 0. The van der Waals surface area contributed by atoms with E-state index in [1.165, 1.54) is 60.7 Å². The topological polar surface area (TPSA) is 388 Å². The Morgan fingerprint density at radius 1 is 0.378 bits per heavy atom. The fourth-order valence-electron chi connectivity index (χ4n) is 10.7. The number of methoxy groups -OCH3 is 2. The fraction of sp³-hybridized carbons (Fsp3) is 0.529. The number of para-hydroxylation sites is 3. The second kappa shape index (κ2) is 44.5. The van der Waals surface area contributed by atoms with Crippen LogP contribution in [0.3, 0.4) is 0 Å². The predicted octanol–water partition coefficient (Wildman–Crippen LogP) is -0.166. The molecule has 1 unspecified atom stereocenters. The Balaban J connectivity index is 1.22. The fourth-order valence-corrected chi connectivity index (χ4v) is 10.7. The van der Waals surface area contributed by atoms with E-state index in [0.717, 1.165) is 0 Å². The van der Waals surface area contributed by atoms with Gasteiger partial charge >= 0.3 is 0 Å². The summed E-state index contributed by atoms with van der Waals surface area (Å²) in [5.41, 5.74) is 5.63. The van der Waals surface area contributed by atoms with Gasteiger partial charge in [-0.2, -0.15) is 0 Å². The molecule has 2 heterocycles. The first-order valence-electron chi connectivity index (χ1n) is 33.3. The molecule has 0 fully saturated rings. The number of fused-ring (bicyclic) bond motifs is 8. The van der Waals surface area contributed by atoms with Gasteiger partial charge in [-0.05, 0) is 74.0 Å². The molecular weight excluding hydrogens is 1270 g/mol. The van der Waals surface area contributed by atoms with E-state index in [1.54, 1.807) is 32.4 Å². The number of hydrogen-bond acceptors (Lipinski definition) is 22. The lowest BCUT2D eigenvalue weighted by Gasteiger charge is -2.31. The lowest BCUT2D eigenvalue weighted by molar-refractivity contribution is 0.0196. The number of amides is 8. The van der Waals surface area contributed by atoms with Crippen molar-refractivity contribution in [3.8, 4) is 17.2 Å². The maximum atomic E-state index is 14.4. The number of unbranched alkanes of at least 4 members (excludes halogenated alkanes) is 1. The molecule has 8 bridgehead atoms. The monoisotopic (exact) mass is 1370 g/mol. The number of rotatable bonds is 25. The molecule has 538 valence electrons. The van der Waals surface area contributed by atoms with Crippen LogP contribution in [0.1, 0.15) is 102 Å². The highest BCUT2D eigenvalue weighted by molar-refractivity contribution is 6.06. The van der Waals surface area contributed by atoms with Crippen LogP contribution in [0.4, 0.5) is 0 Å². The number of phenols is 3. The van der Waals surface area contributed by atoms with Crippen molar-refractivity contribution in [2.75, 3.05) is 211 Å². The summed E-state index contributed by atoms with van der Waals surface area (Å²) in [6.45, 7) is 8.21. The minimum absolute atomic E-state index is 0.00124. The predicted molar refractivity (Wildman–Crippen MR) is 364 cm³/mol. The quantitative estimate of drug-likeness (QED) is 0.0383. The first-order chi connectivity index (χ1) is 47.6. The Hall–Kier alpha value is -8.40. The van der Waals surface area contributed by atoms with E-state index < -0.39 is 70.5 Å².